The SMILES string of the molecule is C[C@@H]1CCCC[C@@H]1NC(=O)[C@@H](C)Oc1ccc(C#N)cc1. The van der Waals surface area contributed by atoms with E-state index in [9.17, 15) is 4.79 Å². The molecule has 1 aromatic carbocycles. The molecule has 1 fully saturated rings. The number of nitrogens with one attached hydrogen (secondary N) is 1. The maximum atomic E-state index is 12.2. The minimum absolute atomic E-state index is 0.0712. The number of nitrogens with zero attached hydrogens (tertiary/aromatic N) is 1. The van der Waals surface area contributed by atoms with Crippen LogP contribution >= 0.6 is 0 Å². The molecule has 4 heteroatoms. The summed E-state index contributed by atoms with van der Waals surface area (Å²) < 4.78 is 5.63. The quantitative estimate of drug-likeness (QED) is 0.925. The van der Waals surface area contributed by atoms with Crippen molar-refractivity contribution < 1.29 is 9.53 Å². The van der Waals surface area contributed by atoms with Crippen molar-refractivity contribution in [1.29, 1.82) is 5.26 Å². The van der Waals surface area contributed by atoms with Crippen LogP contribution in [0, 0.1) is 17.2 Å². The molecular weight excluding hydrogens is 264 g/mol. The van der Waals surface area contributed by atoms with Crippen LogP contribution in [0.2, 0.25) is 0 Å². The van der Waals surface area contributed by atoms with Crippen LogP contribution in [0.5, 0.6) is 5.75 Å². The van der Waals surface area contributed by atoms with Gasteiger partial charge in [0.2, 0.25) is 0 Å². The standard InChI is InChI=1S/C17H22N2O2/c1-12-5-3-4-6-16(12)19-17(20)13(2)21-15-9-7-14(11-18)8-10-15/h7-10,12-13,16H,3-6H2,1-2H3,(H,19,20)/t12-,13-,16+/m1/s1. The van der Waals surface area contributed by atoms with Gasteiger partial charge in [-0.15, -0.1) is 0 Å². The fourth-order valence-electron chi connectivity index (χ4n) is 2.70. The zero-order chi connectivity index (χ0) is 15.2. The Morgan fingerprint density at radius 2 is 2.00 bits per heavy atom. The zero-order valence-electron chi connectivity index (χ0n) is 12.6. The second-order valence-electron chi connectivity index (χ2n) is 5.77. The van der Waals surface area contributed by atoms with E-state index in [-0.39, 0.29) is 11.9 Å². The van der Waals surface area contributed by atoms with Crippen molar-refractivity contribution in [3.8, 4) is 11.8 Å². The lowest BCUT2D eigenvalue weighted by atomic mass is 9.86. The third kappa shape index (κ3) is 4.22. The number of carbonyl (C=O) groups excluding carboxylic acids is 1. The summed E-state index contributed by atoms with van der Waals surface area (Å²) in [5, 5.41) is 11.8. The van der Waals surface area contributed by atoms with Gasteiger partial charge in [0.15, 0.2) is 6.10 Å². The molecule has 0 radical (unpaired) electrons. The molecule has 0 saturated heterocycles. The van der Waals surface area contributed by atoms with Crippen molar-refractivity contribution in [2.75, 3.05) is 0 Å². The minimum atomic E-state index is -0.535. The van der Waals surface area contributed by atoms with Crippen LogP contribution in [0.4, 0.5) is 0 Å². The van der Waals surface area contributed by atoms with E-state index >= 15 is 0 Å². The molecule has 0 aromatic heterocycles. The number of hydrogen-bond donors (Lipinski definition) is 1. The smallest absolute Gasteiger partial charge is 0.261 e. The highest BCUT2D eigenvalue weighted by Gasteiger charge is 2.25. The summed E-state index contributed by atoms with van der Waals surface area (Å²) in [4.78, 5) is 12.2. The van der Waals surface area contributed by atoms with E-state index in [1.165, 1.54) is 19.3 Å². The summed E-state index contributed by atoms with van der Waals surface area (Å²) in [6.45, 7) is 3.94. The van der Waals surface area contributed by atoms with Gasteiger partial charge in [-0.3, -0.25) is 4.79 Å². The van der Waals surface area contributed by atoms with E-state index in [1.807, 2.05) is 0 Å². The average molecular weight is 286 g/mol. The minimum Gasteiger partial charge on any atom is -0.481 e. The summed E-state index contributed by atoms with van der Waals surface area (Å²) >= 11 is 0. The highest BCUT2D eigenvalue weighted by atomic mass is 16.5. The fourth-order valence-corrected chi connectivity index (χ4v) is 2.70. The number of nitriles is 1. The molecule has 0 aliphatic heterocycles. The lowest BCUT2D eigenvalue weighted by Gasteiger charge is -2.30. The van der Waals surface area contributed by atoms with Gasteiger partial charge in [-0.1, -0.05) is 19.8 Å². The highest BCUT2D eigenvalue weighted by molar-refractivity contribution is 5.81. The van der Waals surface area contributed by atoms with Gasteiger partial charge in [0.1, 0.15) is 5.75 Å². The number of ether oxygens (including phenoxy) is 1. The van der Waals surface area contributed by atoms with Gasteiger partial charge in [0.25, 0.3) is 5.91 Å². The maximum Gasteiger partial charge on any atom is 0.261 e. The summed E-state index contributed by atoms with van der Waals surface area (Å²) in [6.07, 6.45) is 4.13. The monoisotopic (exact) mass is 286 g/mol. The molecule has 0 heterocycles. The first-order valence-electron chi connectivity index (χ1n) is 7.57. The van der Waals surface area contributed by atoms with Gasteiger partial charge in [-0.25, -0.2) is 0 Å². The van der Waals surface area contributed by atoms with Crippen molar-refractivity contribution in [1.82, 2.24) is 5.32 Å². The van der Waals surface area contributed by atoms with Crippen LogP contribution in [0.25, 0.3) is 0 Å². The van der Waals surface area contributed by atoms with Crippen molar-refractivity contribution >= 4 is 5.91 Å². The lowest BCUT2D eigenvalue weighted by molar-refractivity contribution is -0.128. The second-order valence-corrected chi connectivity index (χ2v) is 5.77. The molecule has 3 atom stereocenters. The van der Waals surface area contributed by atoms with Gasteiger partial charge < -0.3 is 10.1 Å². The summed E-state index contributed by atoms with van der Waals surface area (Å²) in [6, 6.07) is 9.11. The van der Waals surface area contributed by atoms with Crippen LogP contribution in [-0.4, -0.2) is 18.1 Å². The molecule has 1 aromatic rings. The summed E-state index contributed by atoms with van der Waals surface area (Å²) in [5.41, 5.74) is 0.579. The largest absolute Gasteiger partial charge is 0.481 e. The Kier molecular flexibility index (Phi) is 5.21. The first-order chi connectivity index (χ1) is 10.1. The molecule has 112 valence electrons. The summed E-state index contributed by atoms with van der Waals surface area (Å²) in [7, 11) is 0. The summed E-state index contributed by atoms with van der Waals surface area (Å²) in [5.74, 6) is 1.07. The number of carbonyl (C=O) groups is 1. The maximum absolute atomic E-state index is 12.2. The van der Waals surface area contributed by atoms with Crippen molar-refractivity contribution in [3.05, 3.63) is 29.8 Å². The molecule has 21 heavy (non-hydrogen) atoms. The molecule has 4 nitrogen and oxygen atoms in total. The number of rotatable bonds is 4. The topological polar surface area (TPSA) is 62.1 Å². The lowest BCUT2D eigenvalue weighted by Crippen LogP contribution is -2.46. The van der Waals surface area contributed by atoms with E-state index in [0.29, 0.717) is 17.2 Å². The van der Waals surface area contributed by atoms with Gasteiger partial charge in [-0.2, -0.15) is 5.26 Å². The third-order valence-corrected chi connectivity index (χ3v) is 4.10. The second kappa shape index (κ2) is 7.12. The average Bonchev–Trinajstić information content (AvgIpc) is 2.50. The van der Waals surface area contributed by atoms with Gasteiger partial charge in [0, 0.05) is 6.04 Å². The Morgan fingerprint density at radius 3 is 2.62 bits per heavy atom. The van der Waals surface area contributed by atoms with Gasteiger partial charge in [0.05, 0.1) is 11.6 Å². The number of benzene rings is 1. The molecule has 1 N–H and O–H groups in total. The predicted molar refractivity (Wildman–Crippen MR) is 80.8 cm³/mol. The molecule has 1 amide bonds. The van der Waals surface area contributed by atoms with E-state index < -0.39 is 6.10 Å². The Balaban J connectivity index is 1.88. The molecule has 2 rings (SSSR count). The van der Waals surface area contributed by atoms with Crippen LogP contribution < -0.4 is 10.1 Å². The van der Waals surface area contributed by atoms with Crippen molar-refractivity contribution in [3.63, 3.8) is 0 Å². The fraction of sp³-hybridized carbons (Fsp3) is 0.529. The van der Waals surface area contributed by atoms with Gasteiger partial charge >= 0.3 is 0 Å². The Labute approximate surface area is 126 Å². The van der Waals surface area contributed by atoms with Crippen LogP contribution in [-0.2, 0) is 4.79 Å². The van der Waals surface area contributed by atoms with Crippen molar-refractivity contribution in [2.24, 2.45) is 5.92 Å². The van der Waals surface area contributed by atoms with E-state index in [2.05, 4.69) is 18.3 Å². The molecule has 1 aliphatic rings. The Bertz CT molecular complexity index is 519. The van der Waals surface area contributed by atoms with Gasteiger partial charge in [-0.05, 0) is 49.9 Å². The van der Waals surface area contributed by atoms with Crippen LogP contribution in [0.3, 0.4) is 0 Å². The predicted octanol–water partition coefficient (Wildman–Crippen LogP) is 3.02. The molecule has 1 aliphatic carbocycles. The van der Waals surface area contributed by atoms with E-state index in [4.69, 9.17) is 10.00 Å². The molecule has 0 spiro atoms. The molecular formula is C17H22N2O2. The number of amides is 1. The Morgan fingerprint density at radius 1 is 1.33 bits per heavy atom. The number of hydrogen-bond acceptors (Lipinski definition) is 3. The van der Waals surface area contributed by atoms with Crippen molar-refractivity contribution in [2.45, 2.75) is 51.7 Å². The van der Waals surface area contributed by atoms with Crippen LogP contribution in [0.1, 0.15) is 45.1 Å². The molecule has 0 bridgehead atoms. The first kappa shape index (κ1) is 15.4. The molecule has 1 saturated carbocycles. The first-order valence-corrected chi connectivity index (χ1v) is 7.57. The van der Waals surface area contributed by atoms with Crippen LogP contribution in [0.15, 0.2) is 24.3 Å². The zero-order valence-corrected chi connectivity index (χ0v) is 12.6. The molecule has 0 unspecified atom stereocenters. The van der Waals surface area contributed by atoms with E-state index in [1.54, 1.807) is 31.2 Å². The normalized spacial score (nSPS) is 22.9. The third-order valence-electron chi connectivity index (χ3n) is 4.10. The highest BCUT2D eigenvalue weighted by Crippen LogP contribution is 2.24. The van der Waals surface area contributed by atoms with E-state index in [0.717, 1.165) is 6.42 Å². The Hall–Kier alpha value is -2.02.